The number of hydrogen-bond donors (Lipinski definition) is 1. The zero-order valence-corrected chi connectivity index (χ0v) is 8.47. The van der Waals surface area contributed by atoms with Crippen molar-refractivity contribution in [3.05, 3.63) is 35.1 Å². The van der Waals surface area contributed by atoms with Crippen LogP contribution in [0.5, 0.6) is 0 Å². The van der Waals surface area contributed by atoms with Gasteiger partial charge in [-0.1, -0.05) is 11.8 Å². The highest BCUT2D eigenvalue weighted by atomic mass is 19.1. The fraction of sp³-hybridized carbons (Fsp3) is 0.250. The van der Waals surface area contributed by atoms with E-state index in [1.807, 2.05) is 13.1 Å². The minimum absolute atomic E-state index is 0.369. The van der Waals surface area contributed by atoms with Crippen molar-refractivity contribution < 1.29 is 4.39 Å². The summed E-state index contributed by atoms with van der Waals surface area (Å²) in [6.07, 6.45) is 0.678. The molecule has 0 fully saturated rings. The summed E-state index contributed by atoms with van der Waals surface area (Å²) >= 11 is 0. The summed E-state index contributed by atoms with van der Waals surface area (Å²) in [5, 5.41) is 11.7. The molecule has 0 heterocycles. The first-order valence-corrected chi connectivity index (χ1v) is 4.61. The van der Waals surface area contributed by atoms with Gasteiger partial charge in [0.25, 0.3) is 0 Å². The summed E-state index contributed by atoms with van der Waals surface area (Å²) in [4.78, 5) is 0. The predicted molar refractivity (Wildman–Crippen MR) is 56.5 cm³/mol. The monoisotopic (exact) mass is 202 g/mol. The van der Waals surface area contributed by atoms with Crippen LogP contribution in [0.2, 0.25) is 0 Å². The van der Waals surface area contributed by atoms with E-state index in [1.165, 1.54) is 18.2 Å². The Morgan fingerprint density at radius 1 is 1.40 bits per heavy atom. The number of rotatable bonds is 2. The fourth-order valence-corrected chi connectivity index (χ4v) is 1.06. The van der Waals surface area contributed by atoms with Gasteiger partial charge in [0.2, 0.25) is 0 Å². The van der Waals surface area contributed by atoms with Gasteiger partial charge in [-0.25, -0.2) is 4.39 Å². The van der Waals surface area contributed by atoms with Crippen molar-refractivity contribution in [3.63, 3.8) is 0 Å². The van der Waals surface area contributed by atoms with Gasteiger partial charge in [-0.2, -0.15) is 5.26 Å². The van der Waals surface area contributed by atoms with E-state index in [0.717, 1.165) is 6.54 Å². The quantitative estimate of drug-likeness (QED) is 0.584. The van der Waals surface area contributed by atoms with Crippen LogP contribution in [0.15, 0.2) is 18.2 Å². The largest absolute Gasteiger partial charge is 0.319 e. The summed E-state index contributed by atoms with van der Waals surface area (Å²) in [5.41, 5.74) is 0.863. The molecule has 0 saturated carbocycles. The van der Waals surface area contributed by atoms with Gasteiger partial charge in [0.05, 0.1) is 5.56 Å². The van der Waals surface area contributed by atoms with Crippen LogP contribution in [-0.2, 0) is 0 Å². The lowest BCUT2D eigenvalue weighted by atomic mass is 10.1. The summed E-state index contributed by atoms with van der Waals surface area (Å²) in [6, 6.07) is 5.96. The summed E-state index contributed by atoms with van der Waals surface area (Å²) in [6.45, 7) is 0.782. The second-order valence-electron chi connectivity index (χ2n) is 2.96. The predicted octanol–water partition coefficient (Wildman–Crippen LogP) is 1.66. The molecule has 0 bridgehead atoms. The topological polar surface area (TPSA) is 35.8 Å². The van der Waals surface area contributed by atoms with Crippen LogP contribution in [0.1, 0.15) is 17.5 Å². The standard InChI is InChI=1S/C12H11FN2/c1-15-7-3-2-4-10-8-12(13)6-5-11(10)9-14/h5-6,8,15H,3,7H2,1H3. The molecule has 0 aromatic heterocycles. The average Bonchev–Trinajstić information content (AvgIpc) is 2.25. The minimum atomic E-state index is -0.369. The van der Waals surface area contributed by atoms with Gasteiger partial charge >= 0.3 is 0 Å². The fourth-order valence-electron chi connectivity index (χ4n) is 1.06. The first kappa shape index (κ1) is 11.2. The lowest BCUT2D eigenvalue weighted by Gasteiger charge is -1.94. The first-order chi connectivity index (χ1) is 7.27. The van der Waals surface area contributed by atoms with E-state index in [2.05, 4.69) is 17.2 Å². The molecule has 2 nitrogen and oxygen atoms in total. The van der Waals surface area contributed by atoms with Crippen molar-refractivity contribution >= 4 is 0 Å². The lowest BCUT2D eigenvalue weighted by molar-refractivity contribution is 0.627. The SMILES string of the molecule is CNCCC#Cc1cc(F)ccc1C#N. The summed E-state index contributed by atoms with van der Waals surface area (Å²) < 4.78 is 12.9. The van der Waals surface area contributed by atoms with Crippen LogP contribution in [-0.4, -0.2) is 13.6 Å². The van der Waals surface area contributed by atoms with Gasteiger partial charge < -0.3 is 5.32 Å². The number of nitrogens with one attached hydrogen (secondary N) is 1. The van der Waals surface area contributed by atoms with E-state index in [1.54, 1.807) is 0 Å². The van der Waals surface area contributed by atoms with E-state index in [0.29, 0.717) is 17.5 Å². The highest BCUT2D eigenvalue weighted by molar-refractivity contribution is 5.47. The van der Waals surface area contributed by atoms with Crippen molar-refractivity contribution in [2.75, 3.05) is 13.6 Å². The molecule has 1 aromatic carbocycles. The van der Waals surface area contributed by atoms with Crippen LogP contribution in [0.3, 0.4) is 0 Å². The molecule has 0 atom stereocenters. The molecule has 0 radical (unpaired) electrons. The van der Waals surface area contributed by atoms with Gasteiger partial charge in [0, 0.05) is 18.5 Å². The number of halogens is 1. The number of nitriles is 1. The molecule has 0 aliphatic rings. The smallest absolute Gasteiger partial charge is 0.124 e. The molecule has 0 unspecified atom stereocenters. The second kappa shape index (κ2) is 5.80. The Balaban J connectivity index is 2.87. The Labute approximate surface area is 88.7 Å². The van der Waals surface area contributed by atoms with Gasteiger partial charge in [0.15, 0.2) is 0 Å². The van der Waals surface area contributed by atoms with Crippen molar-refractivity contribution in [1.82, 2.24) is 5.32 Å². The molecule has 0 aliphatic carbocycles. The molecule has 0 saturated heterocycles. The van der Waals surface area contributed by atoms with Crippen molar-refractivity contribution in [2.24, 2.45) is 0 Å². The third-order valence-electron chi connectivity index (χ3n) is 1.83. The van der Waals surface area contributed by atoms with E-state index in [4.69, 9.17) is 5.26 Å². The molecule has 3 heteroatoms. The molecule has 0 spiro atoms. The van der Waals surface area contributed by atoms with Gasteiger partial charge in [-0.3, -0.25) is 0 Å². The van der Waals surface area contributed by atoms with Crippen LogP contribution >= 0.6 is 0 Å². The van der Waals surface area contributed by atoms with Crippen molar-refractivity contribution in [1.29, 1.82) is 5.26 Å². The molecule has 1 N–H and O–H groups in total. The first-order valence-electron chi connectivity index (χ1n) is 4.61. The Hall–Kier alpha value is -1.84. The third kappa shape index (κ3) is 3.42. The lowest BCUT2D eigenvalue weighted by Crippen LogP contribution is -2.05. The van der Waals surface area contributed by atoms with E-state index in [-0.39, 0.29) is 5.82 Å². The van der Waals surface area contributed by atoms with Crippen LogP contribution in [0.25, 0.3) is 0 Å². The zero-order valence-electron chi connectivity index (χ0n) is 8.47. The molecule has 0 aliphatic heterocycles. The summed E-state index contributed by atoms with van der Waals surface area (Å²) in [7, 11) is 1.84. The van der Waals surface area contributed by atoms with Gasteiger partial charge in [-0.15, -0.1) is 0 Å². The van der Waals surface area contributed by atoms with Crippen LogP contribution in [0, 0.1) is 29.0 Å². The highest BCUT2D eigenvalue weighted by Crippen LogP contribution is 2.08. The van der Waals surface area contributed by atoms with Gasteiger partial charge in [-0.05, 0) is 25.2 Å². The Morgan fingerprint density at radius 3 is 2.87 bits per heavy atom. The molecular weight excluding hydrogens is 191 g/mol. The Kier molecular flexibility index (Phi) is 4.34. The zero-order chi connectivity index (χ0) is 11.1. The third-order valence-corrected chi connectivity index (χ3v) is 1.83. The Morgan fingerprint density at radius 2 is 2.20 bits per heavy atom. The minimum Gasteiger partial charge on any atom is -0.319 e. The maximum Gasteiger partial charge on any atom is 0.124 e. The average molecular weight is 202 g/mol. The highest BCUT2D eigenvalue weighted by Gasteiger charge is 1.99. The molecule has 1 rings (SSSR count). The molecular formula is C12H11FN2. The van der Waals surface area contributed by atoms with E-state index in [9.17, 15) is 4.39 Å². The number of nitrogens with zero attached hydrogens (tertiary/aromatic N) is 1. The maximum absolute atomic E-state index is 12.9. The van der Waals surface area contributed by atoms with Crippen molar-refractivity contribution in [3.8, 4) is 17.9 Å². The summed E-state index contributed by atoms with van der Waals surface area (Å²) in [5.74, 6) is 5.29. The molecule has 76 valence electrons. The second-order valence-corrected chi connectivity index (χ2v) is 2.96. The van der Waals surface area contributed by atoms with E-state index < -0.39 is 0 Å². The number of hydrogen-bond acceptors (Lipinski definition) is 2. The van der Waals surface area contributed by atoms with Gasteiger partial charge in [0.1, 0.15) is 11.9 Å². The molecule has 1 aromatic rings. The van der Waals surface area contributed by atoms with Crippen LogP contribution < -0.4 is 5.32 Å². The van der Waals surface area contributed by atoms with Crippen molar-refractivity contribution in [2.45, 2.75) is 6.42 Å². The number of benzene rings is 1. The maximum atomic E-state index is 12.9. The normalized spacial score (nSPS) is 8.87. The Bertz CT molecular complexity index is 435. The van der Waals surface area contributed by atoms with E-state index >= 15 is 0 Å². The molecule has 0 amide bonds. The van der Waals surface area contributed by atoms with Crippen LogP contribution in [0.4, 0.5) is 4.39 Å². The molecule has 15 heavy (non-hydrogen) atoms.